The molecular weight excluding hydrogens is 302 g/mol. The number of nitrogens with zero attached hydrogens (tertiary/aromatic N) is 4. The highest BCUT2D eigenvalue weighted by Gasteiger charge is 2.23. The summed E-state index contributed by atoms with van der Waals surface area (Å²) >= 11 is 0. The number of β-amino-alcohol motifs (C(OH)–C–C–N with tert-alkyl or cyclic N) is 1. The molecule has 0 radical (unpaired) electrons. The SMILES string of the molecule is CN(C)CC(O)CN1CCN(C(=O)c2cn[nH]c2)CC1.O=CO. The summed E-state index contributed by atoms with van der Waals surface area (Å²) in [6.45, 7) is 4.06. The second-order valence-corrected chi connectivity index (χ2v) is 5.60. The second kappa shape index (κ2) is 9.93. The highest BCUT2D eigenvalue weighted by molar-refractivity contribution is 5.93. The van der Waals surface area contributed by atoms with E-state index < -0.39 is 0 Å². The van der Waals surface area contributed by atoms with E-state index in [9.17, 15) is 9.90 Å². The van der Waals surface area contributed by atoms with Gasteiger partial charge in [0.2, 0.25) is 0 Å². The first kappa shape index (κ1) is 19.1. The summed E-state index contributed by atoms with van der Waals surface area (Å²) in [5, 5.41) is 23.3. The van der Waals surface area contributed by atoms with Crippen LogP contribution in [-0.4, -0.2) is 107 Å². The molecule has 23 heavy (non-hydrogen) atoms. The monoisotopic (exact) mass is 327 g/mol. The third kappa shape index (κ3) is 6.76. The van der Waals surface area contributed by atoms with Gasteiger partial charge in [0.15, 0.2) is 0 Å². The molecule has 130 valence electrons. The van der Waals surface area contributed by atoms with Crippen LogP contribution in [0.5, 0.6) is 0 Å². The second-order valence-electron chi connectivity index (χ2n) is 5.60. The van der Waals surface area contributed by atoms with Crippen LogP contribution >= 0.6 is 0 Å². The predicted molar refractivity (Wildman–Crippen MR) is 84.2 cm³/mol. The number of hydrogen-bond donors (Lipinski definition) is 3. The summed E-state index contributed by atoms with van der Waals surface area (Å²) in [4.78, 5) is 26.5. The smallest absolute Gasteiger partial charge is 0.290 e. The summed E-state index contributed by atoms with van der Waals surface area (Å²) in [6, 6.07) is 0. The molecule has 2 heterocycles. The molecule has 1 aromatic rings. The van der Waals surface area contributed by atoms with Crippen molar-refractivity contribution < 1.29 is 19.8 Å². The summed E-state index contributed by atoms with van der Waals surface area (Å²) < 4.78 is 0. The Morgan fingerprint density at radius 3 is 2.52 bits per heavy atom. The van der Waals surface area contributed by atoms with Crippen molar-refractivity contribution >= 4 is 12.4 Å². The maximum absolute atomic E-state index is 12.1. The number of aromatic nitrogens is 2. The molecule has 9 nitrogen and oxygen atoms in total. The topological polar surface area (TPSA) is 113 Å². The van der Waals surface area contributed by atoms with Crippen molar-refractivity contribution in [3.05, 3.63) is 18.0 Å². The van der Waals surface area contributed by atoms with Gasteiger partial charge in [-0.25, -0.2) is 0 Å². The van der Waals surface area contributed by atoms with Gasteiger partial charge in [0.1, 0.15) is 0 Å². The normalized spacial score (nSPS) is 16.6. The molecule has 9 heteroatoms. The minimum Gasteiger partial charge on any atom is -0.483 e. The molecule has 1 unspecified atom stereocenters. The number of nitrogens with one attached hydrogen (secondary N) is 1. The van der Waals surface area contributed by atoms with Crippen molar-refractivity contribution in [2.45, 2.75) is 6.10 Å². The van der Waals surface area contributed by atoms with Crippen molar-refractivity contribution in [3.63, 3.8) is 0 Å². The van der Waals surface area contributed by atoms with Gasteiger partial charge in [0.25, 0.3) is 12.4 Å². The van der Waals surface area contributed by atoms with E-state index in [0.717, 1.165) is 13.1 Å². The Morgan fingerprint density at radius 2 is 2.04 bits per heavy atom. The zero-order valence-electron chi connectivity index (χ0n) is 13.6. The predicted octanol–water partition coefficient (Wildman–Crippen LogP) is -1.21. The number of rotatable bonds is 5. The van der Waals surface area contributed by atoms with Crippen LogP contribution in [0.3, 0.4) is 0 Å². The van der Waals surface area contributed by atoms with Crippen molar-refractivity contribution in [3.8, 4) is 0 Å². The van der Waals surface area contributed by atoms with Crippen LogP contribution in [0.4, 0.5) is 0 Å². The van der Waals surface area contributed by atoms with Gasteiger partial charge < -0.3 is 20.0 Å². The first-order valence-corrected chi connectivity index (χ1v) is 7.39. The van der Waals surface area contributed by atoms with Crippen LogP contribution in [0, 0.1) is 0 Å². The Hall–Kier alpha value is -1.97. The fourth-order valence-electron chi connectivity index (χ4n) is 2.46. The highest BCUT2D eigenvalue weighted by Crippen LogP contribution is 2.08. The van der Waals surface area contributed by atoms with Crippen LogP contribution in [0.15, 0.2) is 12.4 Å². The highest BCUT2D eigenvalue weighted by atomic mass is 16.3. The lowest BCUT2D eigenvalue weighted by Gasteiger charge is -2.35. The van der Waals surface area contributed by atoms with Crippen molar-refractivity contribution in [2.24, 2.45) is 0 Å². The largest absolute Gasteiger partial charge is 0.483 e. The molecule has 2 rings (SSSR count). The van der Waals surface area contributed by atoms with E-state index in [1.165, 1.54) is 0 Å². The maximum atomic E-state index is 12.1. The first-order valence-electron chi connectivity index (χ1n) is 7.39. The average molecular weight is 327 g/mol. The molecule has 0 bridgehead atoms. The van der Waals surface area contributed by atoms with Crippen molar-refractivity contribution in [1.82, 2.24) is 24.9 Å². The molecule has 1 saturated heterocycles. The zero-order valence-corrected chi connectivity index (χ0v) is 13.6. The summed E-state index contributed by atoms with van der Waals surface area (Å²) in [5.74, 6) is 0.0206. The average Bonchev–Trinajstić information content (AvgIpc) is 3.01. The number of aromatic amines is 1. The van der Waals surface area contributed by atoms with E-state index in [2.05, 4.69) is 15.1 Å². The Balaban J connectivity index is 0.000000816. The van der Waals surface area contributed by atoms with Gasteiger partial charge in [-0.2, -0.15) is 5.10 Å². The number of aliphatic hydroxyl groups is 1. The fourth-order valence-corrected chi connectivity index (χ4v) is 2.46. The number of likely N-dealkylation sites (N-methyl/N-ethyl adjacent to an activating group) is 1. The molecule has 0 saturated carbocycles. The Labute approximate surface area is 135 Å². The molecule has 1 amide bonds. The zero-order chi connectivity index (χ0) is 17.2. The minimum absolute atomic E-state index is 0.0206. The van der Waals surface area contributed by atoms with E-state index in [4.69, 9.17) is 9.90 Å². The first-order chi connectivity index (χ1) is 11.0. The summed E-state index contributed by atoms with van der Waals surface area (Å²) in [6.07, 6.45) is 2.83. The van der Waals surface area contributed by atoms with E-state index >= 15 is 0 Å². The van der Waals surface area contributed by atoms with Gasteiger partial charge in [-0.15, -0.1) is 0 Å². The van der Waals surface area contributed by atoms with E-state index in [1.54, 1.807) is 12.4 Å². The number of carboxylic acid groups (broad SMARTS) is 1. The third-order valence-electron chi connectivity index (χ3n) is 3.45. The molecule has 0 spiro atoms. The molecular formula is C14H25N5O4. The van der Waals surface area contributed by atoms with E-state index in [-0.39, 0.29) is 18.5 Å². The summed E-state index contributed by atoms with van der Waals surface area (Å²) in [7, 11) is 3.90. The third-order valence-corrected chi connectivity index (χ3v) is 3.45. The fraction of sp³-hybridized carbons (Fsp3) is 0.643. The molecule has 1 aliphatic heterocycles. The van der Waals surface area contributed by atoms with Gasteiger partial charge in [-0.05, 0) is 14.1 Å². The van der Waals surface area contributed by atoms with Crippen LogP contribution < -0.4 is 0 Å². The van der Waals surface area contributed by atoms with Crippen molar-refractivity contribution in [1.29, 1.82) is 0 Å². The lowest BCUT2D eigenvalue weighted by atomic mass is 10.2. The Kier molecular flexibility index (Phi) is 8.23. The molecule has 1 aromatic heterocycles. The molecule has 3 N–H and O–H groups in total. The quantitative estimate of drug-likeness (QED) is 0.582. The molecule has 1 aliphatic rings. The number of piperazine rings is 1. The van der Waals surface area contributed by atoms with Crippen LogP contribution in [0.25, 0.3) is 0 Å². The molecule has 0 aliphatic carbocycles. The number of H-pyrrole nitrogens is 1. The lowest BCUT2D eigenvalue weighted by Crippen LogP contribution is -2.51. The van der Waals surface area contributed by atoms with Crippen LogP contribution in [0.1, 0.15) is 10.4 Å². The number of hydrogen-bond acceptors (Lipinski definition) is 6. The minimum atomic E-state index is -0.346. The molecule has 1 atom stereocenters. The lowest BCUT2D eigenvalue weighted by molar-refractivity contribution is -0.122. The van der Waals surface area contributed by atoms with Crippen molar-refractivity contribution in [2.75, 3.05) is 53.4 Å². The van der Waals surface area contributed by atoms with Gasteiger partial charge in [-0.1, -0.05) is 0 Å². The van der Waals surface area contributed by atoms with Crippen LogP contribution in [0.2, 0.25) is 0 Å². The van der Waals surface area contributed by atoms with Gasteiger partial charge >= 0.3 is 0 Å². The van der Waals surface area contributed by atoms with E-state index in [0.29, 0.717) is 31.7 Å². The Morgan fingerprint density at radius 1 is 1.43 bits per heavy atom. The number of aliphatic hydroxyl groups excluding tert-OH is 1. The summed E-state index contributed by atoms with van der Waals surface area (Å²) in [5.41, 5.74) is 0.603. The van der Waals surface area contributed by atoms with E-state index in [1.807, 2.05) is 23.9 Å². The molecule has 1 fully saturated rings. The molecule has 0 aromatic carbocycles. The number of amides is 1. The maximum Gasteiger partial charge on any atom is 0.290 e. The standard InChI is InChI=1S/C13H23N5O2.CH2O2/c1-16(2)9-12(19)10-17-3-5-18(6-4-17)13(20)11-7-14-15-8-11;2-1-3/h7-8,12,19H,3-6,9-10H2,1-2H3,(H,14,15);1H,(H,2,3). The van der Waals surface area contributed by atoms with Gasteiger partial charge in [-0.3, -0.25) is 19.6 Å². The van der Waals surface area contributed by atoms with Gasteiger partial charge in [0.05, 0.1) is 17.9 Å². The number of carbonyl (C=O) groups is 2. The Bertz CT molecular complexity index is 458. The van der Waals surface area contributed by atoms with Gasteiger partial charge in [0, 0.05) is 45.5 Å². The van der Waals surface area contributed by atoms with Crippen LogP contribution in [-0.2, 0) is 4.79 Å². The number of carbonyl (C=O) groups excluding carboxylic acids is 1.